The Balaban J connectivity index is 1.48. The Bertz CT molecular complexity index is 759. The van der Waals surface area contributed by atoms with Gasteiger partial charge in [-0.25, -0.2) is 13.8 Å². The average molecular weight is 361 g/mol. The smallest absolute Gasteiger partial charge is 0.224 e. The minimum Gasteiger partial charge on any atom is -0.342 e. The van der Waals surface area contributed by atoms with Gasteiger partial charge in [0.15, 0.2) is 11.6 Å². The molecule has 6 heteroatoms. The number of hydrogen-bond donors (Lipinski definition) is 0. The molecule has 3 rings (SSSR count). The quantitative estimate of drug-likeness (QED) is 0.786. The Kier molecular flexibility index (Phi) is 6.01. The molecule has 1 aliphatic rings. The Morgan fingerprint density at radius 3 is 2.88 bits per heavy atom. The van der Waals surface area contributed by atoms with E-state index in [4.69, 9.17) is 0 Å². The third-order valence-electron chi connectivity index (χ3n) is 5.19. The molecule has 140 valence electrons. The molecule has 0 N–H and O–H groups in total. The van der Waals surface area contributed by atoms with E-state index in [0.717, 1.165) is 43.7 Å². The lowest BCUT2D eigenvalue weighted by molar-refractivity contribution is -0.133. The zero-order valence-electron chi connectivity index (χ0n) is 15.1. The molecule has 4 nitrogen and oxygen atoms in total. The summed E-state index contributed by atoms with van der Waals surface area (Å²) >= 11 is 0. The van der Waals surface area contributed by atoms with Gasteiger partial charge in [-0.3, -0.25) is 4.79 Å². The number of halogens is 2. The van der Waals surface area contributed by atoms with Crippen LogP contribution < -0.4 is 0 Å². The molecule has 1 aliphatic heterocycles. The van der Waals surface area contributed by atoms with Crippen LogP contribution in [0.1, 0.15) is 37.1 Å². The summed E-state index contributed by atoms with van der Waals surface area (Å²) in [5.41, 5.74) is 0.808. The van der Waals surface area contributed by atoms with Crippen LogP contribution in [0, 0.1) is 24.5 Å². The molecule has 0 radical (unpaired) electrons. The molecule has 1 aromatic carbocycles. The predicted molar refractivity (Wildman–Crippen MR) is 95.6 cm³/mol. The summed E-state index contributed by atoms with van der Waals surface area (Å²) in [7, 11) is 0. The lowest BCUT2D eigenvalue weighted by Crippen LogP contribution is -2.40. The van der Waals surface area contributed by atoms with Crippen molar-refractivity contribution >= 4 is 5.91 Å². The molecule has 1 saturated heterocycles. The van der Waals surface area contributed by atoms with Crippen molar-refractivity contribution in [1.29, 1.82) is 0 Å². The Morgan fingerprint density at radius 1 is 1.31 bits per heavy atom. The third-order valence-corrected chi connectivity index (χ3v) is 5.19. The van der Waals surface area contributed by atoms with Gasteiger partial charge in [0.05, 0.1) is 0 Å². The van der Waals surface area contributed by atoms with Gasteiger partial charge in [-0.05, 0) is 56.2 Å². The van der Waals surface area contributed by atoms with Crippen molar-refractivity contribution in [3.05, 3.63) is 53.6 Å². The maximum Gasteiger partial charge on any atom is 0.224 e. The number of imidazole rings is 1. The molecule has 0 spiro atoms. The van der Waals surface area contributed by atoms with E-state index in [1.165, 1.54) is 12.1 Å². The summed E-state index contributed by atoms with van der Waals surface area (Å²) in [5.74, 6) is -0.0960. The van der Waals surface area contributed by atoms with Gasteiger partial charge in [0.2, 0.25) is 5.91 Å². The Labute approximate surface area is 152 Å². The van der Waals surface area contributed by atoms with Crippen molar-refractivity contribution in [2.24, 2.45) is 5.92 Å². The van der Waals surface area contributed by atoms with Gasteiger partial charge in [-0.15, -0.1) is 0 Å². The van der Waals surface area contributed by atoms with Gasteiger partial charge < -0.3 is 9.47 Å². The molecule has 1 unspecified atom stereocenters. The second kappa shape index (κ2) is 8.43. The maximum atomic E-state index is 13.3. The van der Waals surface area contributed by atoms with E-state index in [-0.39, 0.29) is 5.91 Å². The van der Waals surface area contributed by atoms with Crippen molar-refractivity contribution in [2.75, 3.05) is 13.1 Å². The molecule has 0 saturated carbocycles. The number of rotatable bonds is 6. The van der Waals surface area contributed by atoms with E-state index in [1.807, 2.05) is 22.6 Å². The van der Waals surface area contributed by atoms with Crippen molar-refractivity contribution in [3.8, 4) is 0 Å². The number of hydrogen-bond acceptors (Lipinski definition) is 2. The van der Waals surface area contributed by atoms with Crippen molar-refractivity contribution in [1.82, 2.24) is 14.5 Å². The summed E-state index contributed by atoms with van der Waals surface area (Å²) in [6, 6.07) is 4.09. The number of carbonyl (C=O) groups excluding carboxylic acids is 1. The van der Waals surface area contributed by atoms with Gasteiger partial charge in [-0.1, -0.05) is 6.07 Å². The van der Waals surface area contributed by atoms with Crippen LogP contribution in [0.25, 0.3) is 0 Å². The van der Waals surface area contributed by atoms with Crippen LogP contribution in [-0.2, 0) is 17.8 Å². The highest BCUT2D eigenvalue weighted by molar-refractivity contribution is 5.76. The number of aromatic nitrogens is 2. The van der Waals surface area contributed by atoms with E-state index in [0.29, 0.717) is 25.3 Å². The maximum absolute atomic E-state index is 13.3. The fourth-order valence-electron chi connectivity index (χ4n) is 3.61. The van der Waals surface area contributed by atoms with Gasteiger partial charge in [0.25, 0.3) is 0 Å². The van der Waals surface area contributed by atoms with E-state index >= 15 is 0 Å². The Morgan fingerprint density at radius 2 is 2.15 bits per heavy atom. The van der Waals surface area contributed by atoms with Crippen LogP contribution >= 0.6 is 0 Å². The number of carbonyl (C=O) groups is 1. The molecule has 2 heterocycles. The third kappa shape index (κ3) is 4.68. The van der Waals surface area contributed by atoms with Crippen LogP contribution in [0.2, 0.25) is 0 Å². The number of piperidine rings is 1. The zero-order valence-corrected chi connectivity index (χ0v) is 15.1. The minimum atomic E-state index is -0.809. The molecule has 26 heavy (non-hydrogen) atoms. The van der Waals surface area contributed by atoms with Crippen LogP contribution in [0.3, 0.4) is 0 Å². The number of nitrogens with zero attached hydrogens (tertiary/aromatic N) is 3. The van der Waals surface area contributed by atoms with Gasteiger partial charge in [0, 0.05) is 38.4 Å². The van der Waals surface area contributed by atoms with Crippen molar-refractivity contribution in [2.45, 2.75) is 45.6 Å². The highest BCUT2D eigenvalue weighted by atomic mass is 19.2. The molecule has 2 aromatic rings. The first-order valence-electron chi connectivity index (χ1n) is 9.22. The minimum absolute atomic E-state index is 0.177. The summed E-state index contributed by atoms with van der Waals surface area (Å²) < 4.78 is 28.3. The van der Waals surface area contributed by atoms with Crippen LogP contribution in [0.5, 0.6) is 0 Å². The fraction of sp³-hybridized carbons (Fsp3) is 0.500. The van der Waals surface area contributed by atoms with E-state index in [2.05, 4.69) is 4.98 Å². The number of benzene rings is 1. The highest BCUT2D eigenvalue weighted by Crippen LogP contribution is 2.23. The Hall–Kier alpha value is -2.24. The summed E-state index contributed by atoms with van der Waals surface area (Å²) in [6.07, 6.45) is 7.78. The second-order valence-electron chi connectivity index (χ2n) is 7.05. The zero-order chi connectivity index (χ0) is 18.5. The largest absolute Gasteiger partial charge is 0.342 e. The lowest BCUT2D eigenvalue weighted by atomic mass is 9.91. The normalized spacial score (nSPS) is 17.5. The molecule has 1 atom stereocenters. The number of aryl methyl sites for hydroxylation is 3. The monoisotopic (exact) mass is 361 g/mol. The molecule has 0 aliphatic carbocycles. The van der Waals surface area contributed by atoms with E-state index in [1.54, 1.807) is 12.3 Å². The second-order valence-corrected chi connectivity index (χ2v) is 7.05. The molecular weight excluding hydrogens is 336 g/mol. The van der Waals surface area contributed by atoms with Crippen molar-refractivity contribution < 1.29 is 13.6 Å². The summed E-state index contributed by atoms with van der Waals surface area (Å²) in [4.78, 5) is 18.6. The fourth-order valence-corrected chi connectivity index (χ4v) is 3.61. The summed E-state index contributed by atoms with van der Waals surface area (Å²) in [5, 5.41) is 0. The molecule has 1 amide bonds. The first kappa shape index (κ1) is 18.5. The van der Waals surface area contributed by atoms with Crippen LogP contribution in [-0.4, -0.2) is 33.4 Å². The molecule has 0 bridgehead atoms. The van der Waals surface area contributed by atoms with E-state index in [9.17, 15) is 13.6 Å². The highest BCUT2D eigenvalue weighted by Gasteiger charge is 2.23. The van der Waals surface area contributed by atoms with Gasteiger partial charge in [-0.2, -0.15) is 0 Å². The van der Waals surface area contributed by atoms with E-state index < -0.39 is 11.6 Å². The predicted octanol–water partition coefficient (Wildman–Crippen LogP) is 3.73. The topological polar surface area (TPSA) is 38.1 Å². The summed E-state index contributed by atoms with van der Waals surface area (Å²) in [6.45, 7) is 4.15. The SMILES string of the molecule is Cc1nccn1CCC(=O)N1CCCC(CCc2ccc(F)c(F)c2)C1. The van der Waals surface area contributed by atoms with Crippen LogP contribution in [0.15, 0.2) is 30.6 Å². The van der Waals surface area contributed by atoms with Gasteiger partial charge >= 0.3 is 0 Å². The van der Waals surface area contributed by atoms with Crippen molar-refractivity contribution in [3.63, 3.8) is 0 Å². The van der Waals surface area contributed by atoms with Gasteiger partial charge in [0.1, 0.15) is 5.82 Å². The number of amides is 1. The standard InChI is InChI=1S/C20H25F2N3O/c1-15-23-9-12-24(15)11-8-20(26)25-10-2-3-17(14-25)5-4-16-6-7-18(21)19(22)13-16/h6-7,9,12-13,17H,2-5,8,10-11,14H2,1H3. The average Bonchev–Trinajstić information content (AvgIpc) is 3.06. The first-order valence-corrected chi connectivity index (χ1v) is 9.22. The van der Waals surface area contributed by atoms with Crippen LogP contribution in [0.4, 0.5) is 8.78 Å². The molecule has 1 aromatic heterocycles. The molecule has 1 fully saturated rings. The number of likely N-dealkylation sites (tertiary alicyclic amines) is 1. The first-order chi connectivity index (χ1) is 12.5. The lowest BCUT2D eigenvalue weighted by Gasteiger charge is -2.33. The molecular formula is C20H25F2N3O.